The van der Waals surface area contributed by atoms with Gasteiger partial charge in [0.1, 0.15) is 6.10 Å². The molecule has 0 aliphatic carbocycles. The number of hydrogen-bond acceptors (Lipinski definition) is 5. The summed E-state index contributed by atoms with van der Waals surface area (Å²) in [5.41, 5.74) is 0.162. The monoisotopic (exact) mass is 316 g/mol. The van der Waals surface area contributed by atoms with Crippen molar-refractivity contribution < 1.29 is 19.2 Å². The maximum Gasteiger partial charge on any atom is 0.338 e. The number of carbonyl (C=O) groups is 2. The lowest BCUT2D eigenvalue weighted by atomic mass is 9.96. The van der Waals surface area contributed by atoms with E-state index in [9.17, 15) is 19.7 Å². The lowest BCUT2D eigenvalue weighted by Gasteiger charge is -2.19. The van der Waals surface area contributed by atoms with Crippen molar-refractivity contribution in [2.75, 3.05) is 6.54 Å². The molecule has 7 nitrogen and oxygen atoms in total. The molecule has 1 aromatic rings. The average molecular weight is 316 g/mol. The highest BCUT2D eigenvalue weighted by atomic mass is 16.6. The molecule has 0 aromatic heterocycles. The fourth-order valence-electron chi connectivity index (χ4n) is 3.31. The zero-order valence-electron chi connectivity index (χ0n) is 12.4. The number of amides is 1. The predicted octanol–water partition coefficient (Wildman–Crippen LogP) is 1.93. The molecule has 2 fully saturated rings. The van der Waals surface area contributed by atoms with Crippen LogP contribution in [0.1, 0.15) is 23.2 Å². The van der Waals surface area contributed by atoms with E-state index in [4.69, 9.17) is 4.74 Å². The molecule has 0 spiro atoms. The van der Waals surface area contributed by atoms with E-state index in [2.05, 4.69) is 6.58 Å². The van der Waals surface area contributed by atoms with Gasteiger partial charge < -0.3 is 9.64 Å². The number of esters is 1. The molecule has 120 valence electrons. The third-order valence-corrected chi connectivity index (χ3v) is 4.47. The van der Waals surface area contributed by atoms with Crippen molar-refractivity contribution in [2.45, 2.75) is 25.0 Å². The molecular formula is C16H16N2O5. The SMILES string of the molecule is C=C[C@@H]1[C@H](OC(=O)c2ccc([N+](=O)[O-])cc2)CN2C(=O)CC[C@@H]12. The van der Waals surface area contributed by atoms with E-state index < -0.39 is 17.0 Å². The van der Waals surface area contributed by atoms with E-state index in [1.54, 1.807) is 11.0 Å². The molecule has 23 heavy (non-hydrogen) atoms. The molecule has 0 unspecified atom stereocenters. The van der Waals surface area contributed by atoms with Gasteiger partial charge in [0, 0.05) is 30.5 Å². The Morgan fingerprint density at radius 1 is 1.39 bits per heavy atom. The molecular weight excluding hydrogens is 300 g/mol. The van der Waals surface area contributed by atoms with Gasteiger partial charge in [0.2, 0.25) is 5.91 Å². The Bertz CT molecular complexity index is 670. The Balaban J connectivity index is 1.71. The third-order valence-electron chi connectivity index (χ3n) is 4.47. The van der Waals surface area contributed by atoms with E-state index in [0.29, 0.717) is 13.0 Å². The summed E-state index contributed by atoms with van der Waals surface area (Å²) in [6, 6.07) is 5.31. The van der Waals surface area contributed by atoms with Crippen molar-refractivity contribution in [2.24, 2.45) is 5.92 Å². The molecule has 1 amide bonds. The number of nitrogens with zero attached hydrogens (tertiary/aromatic N) is 2. The number of nitro groups is 1. The number of fused-ring (bicyclic) bond motifs is 1. The minimum Gasteiger partial charge on any atom is -0.456 e. The summed E-state index contributed by atoms with van der Waals surface area (Å²) in [4.78, 5) is 35.9. The Morgan fingerprint density at radius 2 is 2.09 bits per heavy atom. The van der Waals surface area contributed by atoms with Gasteiger partial charge >= 0.3 is 5.97 Å². The zero-order chi connectivity index (χ0) is 16.6. The van der Waals surface area contributed by atoms with Crippen LogP contribution >= 0.6 is 0 Å². The van der Waals surface area contributed by atoms with Crippen LogP contribution in [0.5, 0.6) is 0 Å². The first kappa shape index (κ1) is 15.2. The van der Waals surface area contributed by atoms with Crippen LogP contribution in [0.4, 0.5) is 5.69 Å². The molecule has 0 saturated carbocycles. The summed E-state index contributed by atoms with van der Waals surface area (Å²) < 4.78 is 5.51. The molecule has 1 aromatic carbocycles. The average Bonchev–Trinajstić information content (AvgIpc) is 3.06. The van der Waals surface area contributed by atoms with E-state index in [-0.39, 0.29) is 29.1 Å². The summed E-state index contributed by atoms with van der Waals surface area (Å²) in [5.74, 6) is -0.551. The molecule has 2 aliphatic heterocycles. The summed E-state index contributed by atoms with van der Waals surface area (Å²) >= 11 is 0. The van der Waals surface area contributed by atoms with Crippen LogP contribution in [0.25, 0.3) is 0 Å². The van der Waals surface area contributed by atoms with Gasteiger partial charge in [0.25, 0.3) is 5.69 Å². The van der Waals surface area contributed by atoms with Crippen LogP contribution in [-0.2, 0) is 9.53 Å². The van der Waals surface area contributed by atoms with Crippen LogP contribution in [0.15, 0.2) is 36.9 Å². The first-order valence-electron chi connectivity index (χ1n) is 7.38. The number of hydrogen-bond donors (Lipinski definition) is 0. The van der Waals surface area contributed by atoms with Crippen molar-refractivity contribution in [1.29, 1.82) is 0 Å². The van der Waals surface area contributed by atoms with Gasteiger partial charge in [-0.05, 0) is 18.6 Å². The smallest absolute Gasteiger partial charge is 0.338 e. The van der Waals surface area contributed by atoms with Crippen molar-refractivity contribution in [3.05, 3.63) is 52.6 Å². The first-order valence-corrected chi connectivity index (χ1v) is 7.38. The molecule has 2 saturated heterocycles. The topological polar surface area (TPSA) is 89.8 Å². The standard InChI is InChI=1S/C16H16N2O5/c1-2-12-13-7-8-15(19)17(13)9-14(12)23-16(20)10-3-5-11(6-4-10)18(21)22/h2-6,12-14H,1,7-9H2/t12-,13-,14+/m0/s1. The summed E-state index contributed by atoms with van der Waals surface area (Å²) in [5, 5.41) is 10.6. The van der Waals surface area contributed by atoms with Gasteiger partial charge in [-0.3, -0.25) is 14.9 Å². The molecule has 3 rings (SSSR count). The molecule has 3 atom stereocenters. The second-order valence-corrected chi connectivity index (χ2v) is 5.71. The van der Waals surface area contributed by atoms with Crippen LogP contribution in [-0.4, -0.2) is 40.4 Å². The van der Waals surface area contributed by atoms with E-state index >= 15 is 0 Å². The highest BCUT2D eigenvalue weighted by Gasteiger charge is 2.47. The third kappa shape index (κ3) is 2.69. The van der Waals surface area contributed by atoms with E-state index in [1.165, 1.54) is 24.3 Å². The van der Waals surface area contributed by atoms with E-state index in [1.807, 2.05) is 0 Å². The lowest BCUT2D eigenvalue weighted by Crippen LogP contribution is -2.29. The molecule has 7 heteroatoms. The molecule has 2 heterocycles. The Morgan fingerprint density at radius 3 is 2.70 bits per heavy atom. The highest BCUT2D eigenvalue weighted by Crippen LogP contribution is 2.36. The van der Waals surface area contributed by atoms with Gasteiger partial charge in [-0.15, -0.1) is 6.58 Å². The van der Waals surface area contributed by atoms with Crippen LogP contribution in [0, 0.1) is 16.0 Å². The lowest BCUT2D eigenvalue weighted by molar-refractivity contribution is -0.384. The summed E-state index contributed by atoms with van der Waals surface area (Å²) in [6.45, 7) is 4.16. The number of non-ortho nitro benzene ring substituents is 1. The fraction of sp³-hybridized carbons (Fsp3) is 0.375. The second-order valence-electron chi connectivity index (χ2n) is 5.71. The van der Waals surface area contributed by atoms with Crippen LogP contribution in [0.2, 0.25) is 0 Å². The minimum atomic E-state index is -0.551. The van der Waals surface area contributed by atoms with Crippen LogP contribution < -0.4 is 0 Å². The van der Waals surface area contributed by atoms with Crippen LogP contribution in [0.3, 0.4) is 0 Å². The molecule has 2 aliphatic rings. The normalized spacial score (nSPS) is 26.0. The number of ether oxygens (including phenoxy) is 1. The molecule has 0 radical (unpaired) electrons. The quantitative estimate of drug-likeness (QED) is 0.366. The number of carbonyl (C=O) groups excluding carboxylic acids is 2. The van der Waals surface area contributed by atoms with E-state index in [0.717, 1.165) is 6.42 Å². The second kappa shape index (κ2) is 5.83. The molecule has 0 bridgehead atoms. The largest absolute Gasteiger partial charge is 0.456 e. The summed E-state index contributed by atoms with van der Waals surface area (Å²) in [7, 11) is 0. The van der Waals surface area contributed by atoms with Gasteiger partial charge in [-0.2, -0.15) is 0 Å². The van der Waals surface area contributed by atoms with Gasteiger partial charge in [-0.25, -0.2) is 4.79 Å². The number of nitro benzene ring substituents is 1. The Kier molecular flexibility index (Phi) is 3.85. The van der Waals surface area contributed by atoms with Crippen molar-refractivity contribution in [3.63, 3.8) is 0 Å². The van der Waals surface area contributed by atoms with Gasteiger partial charge in [0.05, 0.1) is 17.0 Å². The first-order chi connectivity index (χ1) is 11.0. The number of rotatable bonds is 4. The van der Waals surface area contributed by atoms with Gasteiger partial charge in [0.15, 0.2) is 0 Å². The Hall–Kier alpha value is -2.70. The fourth-order valence-corrected chi connectivity index (χ4v) is 3.31. The number of benzene rings is 1. The maximum absolute atomic E-state index is 12.2. The highest BCUT2D eigenvalue weighted by molar-refractivity contribution is 5.90. The minimum absolute atomic E-state index is 0.0506. The predicted molar refractivity (Wildman–Crippen MR) is 80.7 cm³/mol. The Labute approximate surface area is 132 Å². The van der Waals surface area contributed by atoms with Crippen molar-refractivity contribution in [3.8, 4) is 0 Å². The maximum atomic E-state index is 12.2. The zero-order valence-corrected chi connectivity index (χ0v) is 12.4. The van der Waals surface area contributed by atoms with Crippen molar-refractivity contribution in [1.82, 2.24) is 4.90 Å². The van der Waals surface area contributed by atoms with Crippen molar-refractivity contribution >= 4 is 17.6 Å². The molecule has 0 N–H and O–H groups in total. The summed E-state index contributed by atoms with van der Waals surface area (Å²) in [6.07, 6.45) is 2.58. The van der Waals surface area contributed by atoms with Gasteiger partial charge in [-0.1, -0.05) is 6.08 Å².